The van der Waals surface area contributed by atoms with E-state index in [-0.39, 0.29) is 12.1 Å². The first-order chi connectivity index (χ1) is 7.25. The van der Waals surface area contributed by atoms with E-state index in [0.717, 1.165) is 19.3 Å². The molecule has 1 aromatic rings. The van der Waals surface area contributed by atoms with Crippen molar-refractivity contribution >= 4 is 5.97 Å². The van der Waals surface area contributed by atoms with E-state index in [1.807, 2.05) is 10.8 Å². The molecule has 15 heavy (non-hydrogen) atoms. The quantitative estimate of drug-likeness (QED) is 0.802. The number of carboxylic acid groups (broad SMARTS) is 1. The summed E-state index contributed by atoms with van der Waals surface area (Å²) in [6.07, 6.45) is 5.57. The fraction of sp³-hybridized carbons (Fsp3) is 0.545. The second-order valence-corrected chi connectivity index (χ2v) is 4.28. The Morgan fingerprint density at radius 3 is 3.00 bits per heavy atom. The molecular weight excluding hydrogens is 194 g/mol. The Hall–Kier alpha value is -1.29. The van der Waals surface area contributed by atoms with Crippen molar-refractivity contribution in [3.8, 4) is 0 Å². The van der Waals surface area contributed by atoms with Gasteiger partial charge in [0.05, 0.1) is 18.2 Å². The van der Waals surface area contributed by atoms with Crippen LogP contribution in [0.2, 0.25) is 0 Å². The van der Waals surface area contributed by atoms with Gasteiger partial charge in [-0.3, -0.25) is 0 Å². The van der Waals surface area contributed by atoms with Gasteiger partial charge in [0.2, 0.25) is 0 Å². The van der Waals surface area contributed by atoms with Crippen molar-refractivity contribution in [2.75, 3.05) is 0 Å². The lowest BCUT2D eigenvalue weighted by atomic mass is 9.95. The van der Waals surface area contributed by atoms with Crippen LogP contribution in [0.3, 0.4) is 0 Å². The van der Waals surface area contributed by atoms with Gasteiger partial charge in [0.25, 0.3) is 0 Å². The summed E-state index contributed by atoms with van der Waals surface area (Å²) >= 11 is 0. The number of aromatic carboxylic acids is 1. The van der Waals surface area contributed by atoms with Gasteiger partial charge in [-0.25, -0.2) is 4.79 Å². The molecule has 3 rings (SSSR count). The summed E-state index contributed by atoms with van der Waals surface area (Å²) in [7, 11) is 0. The molecule has 0 amide bonds. The van der Waals surface area contributed by atoms with E-state index in [2.05, 4.69) is 0 Å². The minimum atomic E-state index is -0.859. The Labute approximate surface area is 87.5 Å². The predicted octanol–water partition coefficient (Wildman–Crippen LogP) is 1.68. The molecular formula is C11H13NO3. The van der Waals surface area contributed by atoms with Crippen LogP contribution in [-0.4, -0.2) is 27.9 Å². The number of carboxylic acids is 1. The number of nitrogens with zero attached hydrogens (tertiary/aromatic N) is 1. The number of aromatic nitrogens is 1. The molecule has 1 N–H and O–H groups in total. The van der Waals surface area contributed by atoms with Crippen molar-refractivity contribution in [1.29, 1.82) is 0 Å². The maximum absolute atomic E-state index is 11.0. The lowest BCUT2D eigenvalue weighted by Gasteiger charge is -2.21. The number of hydrogen-bond donors (Lipinski definition) is 1. The average molecular weight is 207 g/mol. The van der Waals surface area contributed by atoms with Crippen molar-refractivity contribution in [2.45, 2.75) is 37.5 Å². The molecule has 80 valence electrons. The normalized spacial score (nSPS) is 33.5. The maximum atomic E-state index is 11.0. The lowest BCUT2D eigenvalue weighted by molar-refractivity contribution is 0.0674. The molecule has 3 unspecified atom stereocenters. The molecule has 0 saturated carbocycles. The molecule has 0 radical (unpaired) electrons. The van der Waals surface area contributed by atoms with Crippen LogP contribution in [-0.2, 0) is 4.74 Å². The van der Waals surface area contributed by atoms with E-state index in [4.69, 9.17) is 9.84 Å². The topological polar surface area (TPSA) is 51.5 Å². The summed E-state index contributed by atoms with van der Waals surface area (Å²) in [5, 5.41) is 9.02. The van der Waals surface area contributed by atoms with Crippen LogP contribution in [0.1, 0.15) is 35.8 Å². The summed E-state index contributed by atoms with van der Waals surface area (Å²) < 4.78 is 7.58. The predicted molar refractivity (Wildman–Crippen MR) is 52.9 cm³/mol. The van der Waals surface area contributed by atoms with E-state index < -0.39 is 5.97 Å². The maximum Gasteiger partial charge on any atom is 0.352 e. The highest BCUT2D eigenvalue weighted by molar-refractivity contribution is 5.85. The summed E-state index contributed by atoms with van der Waals surface area (Å²) in [5.74, 6) is -0.859. The van der Waals surface area contributed by atoms with Crippen LogP contribution in [0.25, 0.3) is 0 Å². The van der Waals surface area contributed by atoms with Crippen LogP contribution < -0.4 is 0 Å². The van der Waals surface area contributed by atoms with Crippen molar-refractivity contribution < 1.29 is 14.6 Å². The third kappa shape index (κ3) is 1.28. The van der Waals surface area contributed by atoms with Crippen molar-refractivity contribution in [2.24, 2.45) is 0 Å². The van der Waals surface area contributed by atoms with Gasteiger partial charge in [0, 0.05) is 6.20 Å². The first-order valence-electron chi connectivity index (χ1n) is 5.31. The highest BCUT2D eigenvalue weighted by Gasteiger charge is 2.42. The van der Waals surface area contributed by atoms with Crippen LogP contribution in [0, 0.1) is 0 Å². The van der Waals surface area contributed by atoms with Crippen LogP contribution >= 0.6 is 0 Å². The summed E-state index contributed by atoms with van der Waals surface area (Å²) in [4.78, 5) is 11.0. The molecule has 3 atom stereocenters. The zero-order chi connectivity index (χ0) is 10.4. The fourth-order valence-corrected chi connectivity index (χ4v) is 2.77. The second kappa shape index (κ2) is 3.10. The largest absolute Gasteiger partial charge is 0.477 e. The van der Waals surface area contributed by atoms with Crippen LogP contribution in [0.4, 0.5) is 0 Å². The molecule has 0 aliphatic carbocycles. The third-order valence-electron chi connectivity index (χ3n) is 3.43. The molecule has 0 spiro atoms. The SMILES string of the molecule is O=C(O)c1cccn1C1CC2CCC1O2. The van der Waals surface area contributed by atoms with Crippen LogP contribution in [0.15, 0.2) is 18.3 Å². The molecule has 2 aliphatic heterocycles. The Morgan fingerprint density at radius 2 is 2.40 bits per heavy atom. The van der Waals surface area contributed by atoms with Crippen molar-refractivity contribution in [1.82, 2.24) is 4.57 Å². The molecule has 4 heteroatoms. The summed E-state index contributed by atoms with van der Waals surface area (Å²) in [6.45, 7) is 0. The Balaban J connectivity index is 1.93. The fourth-order valence-electron chi connectivity index (χ4n) is 2.77. The van der Waals surface area contributed by atoms with Gasteiger partial charge in [0.15, 0.2) is 0 Å². The Morgan fingerprint density at radius 1 is 1.53 bits per heavy atom. The zero-order valence-electron chi connectivity index (χ0n) is 8.30. The third-order valence-corrected chi connectivity index (χ3v) is 3.43. The van der Waals surface area contributed by atoms with Crippen molar-refractivity contribution in [3.05, 3.63) is 24.0 Å². The van der Waals surface area contributed by atoms with Gasteiger partial charge < -0.3 is 14.4 Å². The average Bonchev–Trinajstić information content (AvgIpc) is 2.92. The Bertz CT molecular complexity index is 398. The van der Waals surface area contributed by atoms with Gasteiger partial charge in [-0.2, -0.15) is 0 Å². The molecule has 0 aromatic carbocycles. The standard InChI is InChI=1S/C11H13NO3/c13-11(14)8-2-1-5-12(8)9-6-7-3-4-10(9)15-7/h1-2,5,7,9-10H,3-4,6H2,(H,13,14). The van der Waals surface area contributed by atoms with Gasteiger partial charge in [-0.05, 0) is 31.4 Å². The van der Waals surface area contributed by atoms with E-state index >= 15 is 0 Å². The minimum Gasteiger partial charge on any atom is -0.477 e. The molecule has 1 aromatic heterocycles. The molecule has 2 saturated heterocycles. The number of carbonyl (C=O) groups is 1. The van der Waals surface area contributed by atoms with E-state index in [0.29, 0.717) is 11.8 Å². The number of fused-ring (bicyclic) bond motifs is 2. The van der Waals surface area contributed by atoms with Crippen LogP contribution in [0.5, 0.6) is 0 Å². The summed E-state index contributed by atoms with van der Waals surface area (Å²) in [6, 6.07) is 3.66. The molecule has 2 aliphatic rings. The number of rotatable bonds is 2. The van der Waals surface area contributed by atoms with Gasteiger partial charge >= 0.3 is 5.97 Å². The Kier molecular flexibility index (Phi) is 1.85. The van der Waals surface area contributed by atoms with E-state index in [1.165, 1.54) is 0 Å². The molecule has 3 heterocycles. The first-order valence-corrected chi connectivity index (χ1v) is 5.31. The second-order valence-electron chi connectivity index (χ2n) is 4.28. The van der Waals surface area contributed by atoms with E-state index in [9.17, 15) is 4.79 Å². The number of hydrogen-bond acceptors (Lipinski definition) is 2. The van der Waals surface area contributed by atoms with Crippen molar-refractivity contribution in [3.63, 3.8) is 0 Å². The lowest BCUT2D eigenvalue weighted by Crippen LogP contribution is -2.23. The summed E-state index contributed by atoms with van der Waals surface area (Å²) in [5.41, 5.74) is 0.371. The molecule has 2 fully saturated rings. The van der Waals surface area contributed by atoms with Gasteiger partial charge in [0.1, 0.15) is 5.69 Å². The monoisotopic (exact) mass is 207 g/mol. The minimum absolute atomic E-state index is 0.223. The number of ether oxygens (including phenoxy) is 1. The highest BCUT2D eigenvalue weighted by Crippen LogP contribution is 2.42. The highest BCUT2D eigenvalue weighted by atomic mass is 16.5. The molecule has 4 nitrogen and oxygen atoms in total. The van der Waals surface area contributed by atoms with Gasteiger partial charge in [-0.1, -0.05) is 0 Å². The van der Waals surface area contributed by atoms with Gasteiger partial charge in [-0.15, -0.1) is 0 Å². The smallest absolute Gasteiger partial charge is 0.352 e. The first kappa shape index (κ1) is 8.97. The van der Waals surface area contributed by atoms with E-state index in [1.54, 1.807) is 12.1 Å². The molecule has 2 bridgehead atoms. The zero-order valence-corrected chi connectivity index (χ0v) is 8.30.